The zero-order chi connectivity index (χ0) is 9.26. The van der Waals surface area contributed by atoms with E-state index >= 15 is 0 Å². The molecule has 2 atom stereocenters. The van der Waals surface area contributed by atoms with Crippen molar-refractivity contribution in [1.82, 2.24) is 5.32 Å². The van der Waals surface area contributed by atoms with Gasteiger partial charge in [0.2, 0.25) is 0 Å². The highest BCUT2D eigenvalue weighted by Gasteiger charge is 2.28. The SMILES string of the molecule is Cc1ccc([C@H]2CNC[C@@H]2CF)s1. The third-order valence-electron chi connectivity index (χ3n) is 2.66. The normalized spacial score (nSPS) is 28.2. The van der Waals surface area contributed by atoms with E-state index in [9.17, 15) is 4.39 Å². The molecule has 1 N–H and O–H groups in total. The topological polar surface area (TPSA) is 12.0 Å². The van der Waals surface area contributed by atoms with Crippen LogP contribution in [0.4, 0.5) is 4.39 Å². The minimum atomic E-state index is -0.200. The van der Waals surface area contributed by atoms with Gasteiger partial charge in [0.05, 0.1) is 6.67 Å². The Morgan fingerprint density at radius 1 is 1.54 bits per heavy atom. The lowest BCUT2D eigenvalue weighted by Crippen LogP contribution is -2.11. The van der Waals surface area contributed by atoms with Gasteiger partial charge in [-0.15, -0.1) is 11.3 Å². The van der Waals surface area contributed by atoms with Gasteiger partial charge >= 0.3 is 0 Å². The number of hydrogen-bond acceptors (Lipinski definition) is 2. The van der Waals surface area contributed by atoms with Crippen LogP contribution in [0.15, 0.2) is 12.1 Å². The third kappa shape index (κ3) is 1.76. The van der Waals surface area contributed by atoms with Crippen molar-refractivity contribution in [3.8, 4) is 0 Å². The van der Waals surface area contributed by atoms with Crippen LogP contribution >= 0.6 is 11.3 Å². The lowest BCUT2D eigenvalue weighted by molar-refractivity contribution is 0.360. The summed E-state index contributed by atoms with van der Waals surface area (Å²) in [6.45, 7) is 3.67. The Labute approximate surface area is 82.0 Å². The van der Waals surface area contributed by atoms with Crippen LogP contribution < -0.4 is 5.32 Å². The van der Waals surface area contributed by atoms with Crippen molar-refractivity contribution in [3.63, 3.8) is 0 Å². The van der Waals surface area contributed by atoms with Gasteiger partial charge in [-0.25, -0.2) is 0 Å². The van der Waals surface area contributed by atoms with Gasteiger partial charge in [-0.05, 0) is 19.1 Å². The summed E-state index contributed by atoms with van der Waals surface area (Å²) in [5, 5.41) is 3.25. The second-order valence-electron chi connectivity index (χ2n) is 3.63. The maximum atomic E-state index is 12.6. The standard InChI is InChI=1S/C10H14FNS/c1-7-2-3-10(13-7)9-6-12-5-8(9)4-11/h2-3,8-9,12H,4-6H2,1H3/t8-,9-/m0/s1. The quantitative estimate of drug-likeness (QED) is 0.771. The molecule has 13 heavy (non-hydrogen) atoms. The molecule has 1 aliphatic heterocycles. The number of halogens is 1. The average molecular weight is 199 g/mol. The Hall–Kier alpha value is -0.410. The fourth-order valence-corrected chi connectivity index (χ4v) is 2.95. The lowest BCUT2D eigenvalue weighted by Gasteiger charge is -2.12. The predicted octanol–water partition coefficient (Wildman–Crippen LogP) is 2.33. The zero-order valence-electron chi connectivity index (χ0n) is 7.72. The Bertz CT molecular complexity index is 284. The number of nitrogens with one attached hydrogen (secondary N) is 1. The highest BCUT2D eigenvalue weighted by atomic mass is 32.1. The molecular formula is C10H14FNS. The van der Waals surface area contributed by atoms with Crippen LogP contribution in [-0.2, 0) is 0 Å². The van der Waals surface area contributed by atoms with Gasteiger partial charge in [-0.1, -0.05) is 0 Å². The summed E-state index contributed by atoms with van der Waals surface area (Å²) >= 11 is 1.80. The van der Waals surface area contributed by atoms with Gasteiger partial charge in [0.1, 0.15) is 0 Å². The summed E-state index contributed by atoms with van der Waals surface area (Å²) in [5.74, 6) is 0.599. The molecule has 2 heterocycles. The largest absolute Gasteiger partial charge is 0.316 e. The molecule has 1 saturated heterocycles. The number of hydrogen-bond donors (Lipinski definition) is 1. The van der Waals surface area contributed by atoms with Crippen molar-refractivity contribution >= 4 is 11.3 Å². The first kappa shape index (κ1) is 9.16. The number of aryl methyl sites for hydroxylation is 1. The van der Waals surface area contributed by atoms with Crippen LogP contribution in [0.2, 0.25) is 0 Å². The smallest absolute Gasteiger partial charge is 0.0941 e. The van der Waals surface area contributed by atoms with E-state index in [0.29, 0.717) is 5.92 Å². The van der Waals surface area contributed by atoms with Crippen molar-refractivity contribution in [3.05, 3.63) is 21.9 Å². The Kier molecular flexibility index (Phi) is 2.65. The van der Waals surface area contributed by atoms with Gasteiger partial charge in [0.25, 0.3) is 0 Å². The molecule has 0 amide bonds. The van der Waals surface area contributed by atoms with Crippen molar-refractivity contribution in [2.45, 2.75) is 12.8 Å². The average Bonchev–Trinajstić information content (AvgIpc) is 2.71. The van der Waals surface area contributed by atoms with E-state index in [1.165, 1.54) is 9.75 Å². The summed E-state index contributed by atoms with van der Waals surface area (Å²) in [4.78, 5) is 2.66. The van der Waals surface area contributed by atoms with E-state index in [-0.39, 0.29) is 12.6 Å². The maximum absolute atomic E-state index is 12.6. The monoisotopic (exact) mass is 199 g/mol. The summed E-state index contributed by atoms with van der Waals surface area (Å²) in [7, 11) is 0. The molecule has 2 rings (SSSR count). The molecule has 72 valence electrons. The van der Waals surface area contributed by atoms with E-state index in [0.717, 1.165) is 13.1 Å². The van der Waals surface area contributed by atoms with E-state index in [2.05, 4.69) is 24.4 Å². The van der Waals surface area contributed by atoms with Crippen molar-refractivity contribution in [2.75, 3.05) is 19.8 Å². The molecule has 1 nitrogen and oxygen atoms in total. The molecule has 0 bridgehead atoms. The van der Waals surface area contributed by atoms with Crippen molar-refractivity contribution in [2.24, 2.45) is 5.92 Å². The fourth-order valence-electron chi connectivity index (χ4n) is 1.88. The van der Waals surface area contributed by atoms with Crippen LogP contribution in [0, 0.1) is 12.8 Å². The molecule has 0 saturated carbocycles. The second kappa shape index (κ2) is 3.76. The first-order valence-electron chi connectivity index (χ1n) is 4.64. The first-order chi connectivity index (χ1) is 6.31. The molecule has 1 aromatic heterocycles. The minimum absolute atomic E-state index is 0.193. The summed E-state index contributed by atoms with van der Waals surface area (Å²) in [6, 6.07) is 4.26. The highest BCUT2D eigenvalue weighted by molar-refractivity contribution is 7.12. The Morgan fingerprint density at radius 2 is 2.38 bits per heavy atom. The molecule has 3 heteroatoms. The van der Waals surface area contributed by atoms with Crippen molar-refractivity contribution in [1.29, 1.82) is 0 Å². The Balaban J connectivity index is 2.15. The highest BCUT2D eigenvalue weighted by Crippen LogP contribution is 2.32. The van der Waals surface area contributed by atoms with Gasteiger partial charge in [-0.3, -0.25) is 4.39 Å². The summed E-state index contributed by atoms with van der Waals surface area (Å²) in [5.41, 5.74) is 0. The van der Waals surface area contributed by atoms with Crippen LogP contribution in [0.25, 0.3) is 0 Å². The first-order valence-corrected chi connectivity index (χ1v) is 5.46. The molecule has 1 fully saturated rings. The summed E-state index contributed by atoms with van der Waals surface area (Å²) in [6.07, 6.45) is 0. The molecule has 1 aliphatic rings. The number of rotatable bonds is 2. The second-order valence-corrected chi connectivity index (χ2v) is 4.95. The summed E-state index contributed by atoms with van der Waals surface area (Å²) < 4.78 is 12.6. The molecule has 0 spiro atoms. The molecular weight excluding hydrogens is 185 g/mol. The number of thiophene rings is 1. The minimum Gasteiger partial charge on any atom is -0.316 e. The maximum Gasteiger partial charge on any atom is 0.0941 e. The van der Waals surface area contributed by atoms with Gasteiger partial charge in [-0.2, -0.15) is 0 Å². The van der Waals surface area contributed by atoms with Crippen molar-refractivity contribution < 1.29 is 4.39 Å². The van der Waals surface area contributed by atoms with Gasteiger partial charge in [0.15, 0.2) is 0 Å². The van der Waals surface area contributed by atoms with E-state index < -0.39 is 0 Å². The van der Waals surface area contributed by atoms with E-state index in [1.54, 1.807) is 11.3 Å². The van der Waals surface area contributed by atoms with Crippen LogP contribution in [0.5, 0.6) is 0 Å². The molecule has 0 aromatic carbocycles. The predicted molar refractivity (Wildman–Crippen MR) is 54.1 cm³/mol. The van der Waals surface area contributed by atoms with Crippen LogP contribution in [0.1, 0.15) is 15.7 Å². The van der Waals surface area contributed by atoms with Gasteiger partial charge < -0.3 is 5.32 Å². The fraction of sp³-hybridized carbons (Fsp3) is 0.600. The molecule has 0 aliphatic carbocycles. The Morgan fingerprint density at radius 3 is 3.00 bits per heavy atom. The van der Waals surface area contributed by atoms with E-state index in [4.69, 9.17) is 0 Å². The third-order valence-corrected chi connectivity index (χ3v) is 3.80. The molecule has 1 aromatic rings. The van der Waals surface area contributed by atoms with E-state index in [1.807, 2.05) is 0 Å². The zero-order valence-corrected chi connectivity index (χ0v) is 8.53. The molecule has 0 unspecified atom stereocenters. The lowest BCUT2D eigenvalue weighted by atomic mass is 9.96. The number of alkyl halides is 1. The van der Waals surface area contributed by atoms with Gasteiger partial charge in [0, 0.05) is 34.7 Å². The van der Waals surface area contributed by atoms with Crippen LogP contribution in [0.3, 0.4) is 0 Å². The van der Waals surface area contributed by atoms with Crippen LogP contribution in [-0.4, -0.2) is 19.8 Å². The molecule has 0 radical (unpaired) electrons.